The van der Waals surface area contributed by atoms with E-state index in [9.17, 15) is 18.3 Å². The van der Waals surface area contributed by atoms with Crippen molar-refractivity contribution in [1.82, 2.24) is 4.90 Å². The van der Waals surface area contributed by atoms with E-state index in [1.54, 1.807) is 24.3 Å². The average molecular weight is 462 g/mol. The van der Waals surface area contributed by atoms with Gasteiger partial charge in [0.1, 0.15) is 4.90 Å². The first-order valence-corrected chi connectivity index (χ1v) is 12.0. The van der Waals surface area contributed by atoms with Crippen LogP contribution in [0.3, 0.4) is 0 Å². The quantitative estimate of drug-likeness (QED) is 0.296. The van der Waals surface area contributed by atoms with Gasteiger partial charge in [-0.05, 0) is 57.6 Å². The summed E-state index contributed by atoms with van der Waals surface area (Å²) in [5, 5.41) is 12.4. The van der Waals surface area contributed by atoms with Gasteiger partial charge >= 0.3 is 6.16 Å². The summed E-state index contributed by atoms with van der Waals surface area (Å²) in [6.07, 6.45) is 0.274. The number of sulfonamides is 1. The number of carboxylic acid groups (broad SMARTS) is 1. The number of fused-ring (bicyclic) bond motifs is 3. The fraction of sp³-hybridized carbons (Fsp3) is 0.409. The SMILES string of the molecule is CN(C)CCCNc1ccccc1S(=O)(=O)Nc1ccc2c(c1OC(=O)O)OC[C@H]1C[C@@H]21. The van der Waals surface area contributed by atoms with Crippen LogP contribution < -0.4 is 19.5 Å². The third kappa shape index (κ3) is 4.76. The molecule has 0 amide bonds. The van der Waals surface area contributed by atoms with Gasteiger partial charge in [-0.25, -0.2) is 13.2 Å². The lowest BCUT2D eigenvalue weighted by Gasteiger charge is -2.22. The highest BCUT2D eigenvalue weighted by molar-refractivity contribution is 7.92. The predicted molar refractivity (Wildman–Crippen MR) is 120 cm³/mol. The predicted octanol–water partition coefficient (Wildman–Crippen LogP) is 3.40. The molecule has 4 rings (SSSR count). The van der Waals surface area contributed by atoms with Gasteiger partial charge in [-0.3, -0.25) is 4.72 Å². The van der Waals surface area contributed by atoms with Gasteiger partial charge in [0, 0.05) is 18.0 Å². The molecule has 1 saturated carbocycles. The third-order valence-corrected chi connectivity index (χ3v) is 7.04. The van der Waals surface area contributed by atoms with Gasteiger partial charge in [0.2, 0.25) is 5.75 Å². The van der Waals surface area contributed by atoms with E-state index in [0.29, 0.717) is 36.4 Å². The van der Waals surface area contributed by atoms with Gasteiger partial charge in [-0.2, -0.15) is 0 Å². The van der Waals surface area contributed by atoms with Crippen molar-refractivity contribution >= 4 is 27.6 Å². The van der Waals surface area contributed by atoms with Crippen molar-refractivity contribution in [2.45, 2.75) is 23.7 Å². The maximum atomic E-state index is 13.2. The highest BCUT2D eigenvalue weighted by Gasteiger charge is 2.45. The second-order valence-corrected chi connectivity index (χ2v) is 9.98. The highest BCUT2D eigenvalue weighted by atomic mass is 32.2. The number of nitrogens with one attached hydrogen (secondary N) is 2. The Morgan fingerprint density at radius 3 is 2.75 bits per heavy atom. The molecular formula is C22H27N3O6S. The number of nitrogens with zero attached hydrogens (tertiary/aromatic N) is 1. The minimum absolute atomic E-state index is 0.0210. The van der Waals surface area contributed by atoms with Crippen molar-refractivity contribution in [3.05, 3.63) is 42.0 Å². The van der Waals surface area contributed by atoms with Gasteiger partial charge in [-0.1, -0.05) is 18.2 Å². The zero-order chi connectivity index (χ0) is 22.9. The summed E-state index contributed by atoms with van der Waals surface area (Å²) in [6, 6.07) is 9.89. The molecule has 32 heavy (non-hydrogen) atoms. The lowest BCUT2D eigenvalue weighted by molar-refractivity contribution is 0.141. The molecule has 0 bridgehead atoms. The van der Waals surface area contributed by atoms with Gasteiger partial charge in [0.25, 0.3) is 10.0 Å². The first-order valence-electron chi connectivity index (χ1n) is 10.5. The van der Waals surface area contributed by atoms with Crippen molar-refractivity contribution in [3.63, 3.8) is 0 Å². The first-order chi connectivity index (χ1) is 15.3. The van der Waals surface area contributed by atoms with E-state index >= 15 is 0 Å². The Morgan fingerprint density at radius 1 is 1.22 bits per heavy atom. The van der Waals surface area contributed by atoms with Gasteiger partial charge in [0.15, 0.2) is 5.75 Å². The topological polar surface area (TPSA) is 117 Å². The Balaban J connectivity index is 1.61. The van der Waals surface area contributed by atoms with Crippen LogP contribution in [-0.4, -0.2) is 58.4 Å². The number of ether oxygens (including phenoxy) is 2. The number of para-hydroxylation sites is 1. The van der Waals surface area contributed by atoms with Gasteiger partial charge in [0.05, 0.1) is 18.0 Å². The Labute approximate surface area is 187 Å². The fourth-order valence-electron chi connectivity index (χ4n) is 3.96. The Bertz CT molecular complexity index is 1120. The third-order valence-electron chi connectivity index (χ3n) is 5.61. The summed E-state index contributed by atoms with van der Waals surface area (Å²) in [5.41, 5.74) is 1.34. The molecule has 172 valence electrons. The van der Waals surface area contributed by atoms with Crippen molar-refractivity contribution < 1.29 is 27.8 Å². The van der Waals surface area contributed by atoms with Crippen molar-refractivity contribution in [1.29, 1.82) is 0 Å². The van der Waals surface area contributed by atoms with Crippen LogP contribution in [0.2, 0.25) is 0 Å². The van der Waals surface area contributed by atoms with E-state index in [4.69, 9.17) is 9.47 Å². The van der Waals surface area contributed by atoms with Crippen molar-refractivity contribution in [3.8, 4) is 11.5 Å². The van der Waals surface area contributed by atoms with Crippen LogP contribution in [0.25, 0.3) is 0 Å². The number of rotatable bonds is 9. The number of hydrogen-bond donors (Lipinski definition) is 3. The molecule has 2 aromatic rings. The van der Waals surface area contributed by atoms with Crippen LogP contribution >= 0.6 is 0 Å². The molecule has 2 aliphatic rings. The van der Waals surface area contributed by atoms with Crippen LogP contribution in [0.5, 0.6) is 11.5 Å². The second-order valence-electron chi connectivity index (χ2n) is 8.33. The molecule has 1 aliphatic carbocycles. The smallest absolute Gasteiger partial charge is 0.489 e. The monoisotopic (exact) mass is 461 g/mol. The van der Waals surface area contributed by atoms with Gasteiger partial charge < -0.3 is 24.8 Å². The summed E-state index contributed by atoms with van der Waals surface area (Å²) in [4.78, 5) is 13.4. The normalized spacial score (nSPS) is 18.8. The first kappa shape index (κ1) is 22.2. The van der Waals surface area contributed by atoms with Crippen molar-refractivity contribution in [2.75, 3.05) is 43.8 Å². The van der Waals surface area contributed by atoms with E-state index in [0.717, 1.165) is 24.9 Å². The van der Waals surface area contributed by atoms with E-state index in [1.807, 2.05) is 14.1 Å². The lowest BCUT2D eigenvalue weighted by atomic mass is 10.0. The lowest BCUT2D eigenvalue weighted by Crippen LogP contribution is -2.19. The van der Waals surface area contributed by atoms with Crippen molar-refractivity contribution in [2.24, 2.45) is 5.92 Å². The number of carbonyl (C=O) groups is 1. The molecule has 3 N–H and O–H groups in total. The standard InChI is InChI=1S/C22H27N3O6S/c1-25(2)11-5-10-23-17-6-3-4-7-19(17)32(28,29)24-18-9-8-15-16-12-14(16)13-30-20(15)21(18)31-22(26)27/h3-4,6-9,14,16,23-24H,5,10-13H2,1-2H3,(H,26,27)/t14-,16-/m1/s1. The Kier molecular flexibility index (Phi) is 6.16. The molecular weight excluding hydrogens is 434 g/mol. The molecule has 1 fully saturated rings. The Morgan fingerprint density at radius 2 is 2.00 bits per heavy atom. The largest absolute Gasteiger partial charge is 0.511 e. The summed E-state index contributed by atoms with van der Waals surface area (Å²) in [6.45, 7) is 1.93. The molecule has 2 atom stereocenters. The Hall–Kier alpha value is -2.98. The second kappa shape index (κ2) is 8.87. The number of anilines is 2. The van der Waals surface area contributed by atoms with Crippen LogP contribution in [0.1, 0.15) is 24.3 Å². The molecule has 0 saturated heterocycles. The fourth-order valence-corrected chi connectivity index (χ4v) is 5.20. The summed E-state index contributed by atoms with van der Waals surface area (Å²) in [7, 11) is -0.0829. The number of benzene rings is 2. The summed E-state index contributed by atoms with van der Waals surface area (Å²) >= 11 is 0. The maximum absolute atomic E-state index is 13.2. The molecule has 9 nitrogen and oxygen atoms in total. The minimum Gasteiger partial charge on any atom is -0.489 e. The van der Waals surface area contributed by atoms with Crippen LogP contribution in [-0.2, 0) is 10.0 Å². The maximum Gasteiger partial charge on any atom is 0.511 e. The molecule has 0 radical (unpaired) electrons. The number of hydrogen-bond acceptors (Lipinski definition) is 7. The van der Waals surface area contributed by atoms with Gasteiger partial charge in [-0.15, -0.1) is 0 Å². The summed E-state index contributed by atoms with van der Waals surface area (Å²) in [5.74, 6) is 0.891. The molecule has 10 heteroatoms. The van der Waals surface area contributed by atoms with E-state index < -0.39 is 16.2 Å². The van der Waals surface area contributed by atoms with Crippen LogP contribution in [0, 0.1) is 5.92 Å². The van der Waals surface area contributed by atoms with E-state index in [-0.39, 0.29) is 16.3 Å². The van der Waals surface area contributed by atoms with Crippen LogP contribution in [0.15, 0.2) is 41.3 Å². The molecule has 1 heterocycles. The molecule has 1 aliphatic heterocycles. The zero-order valence-electron chi connectivity index (χ0n) is 18.0. The van der Waals surface area contributed by atoms with E-state index in [1.165, 1.54) is 12.1 Å². The zero-order valence-corrected chi connectivity index (χ0v) is 18.8. The summed E-state index contributed by atoms with van der Waals surface area (Å²) < 4.78 is 39.7. The molecule has 0 spiro atoms. The minimum atomic E-state index is -4.04. The average Bonchev–Trinajstić information content (AvgIpc) is 3.52. The molecule has 0 unspecified atom stereocenters. The molecule has 2 aromatic carbocycles. The van der Waals surface area contributed by atoms with Crippen LogP contribution in [0.4, 0.5) is 16.2 Å². The molecule has 0 aromatic heterocycles. The van der Waals surface area contributed by atoms with E-state index in [2.05, 4.69) is 14.9 Å². The highest BCUT2D eigenvalue weighted by Crippen LogP contribution is 2.57.